The van der Waals surface area contributed by atoms with E-state index in [1.165, 1.54) is 11.1 Å². The van der Waals surface area contributed by atoms with Crippen LogP contribution in [0.5, 0.6) is 0 Å². The fourth-order valence-electron chi connectivity index (χ4n) is 2.71. The maximum Gasteiger partial charge on any atom is 0.315 e. The quantitative estimate of drug-likeness (QED) is 0.875. The van der Waals surface area contributed by atoms with Crippen molar-refractivity contribution in [1.29, 1.82) is 0 Å². The van der Waals surface area contributed by atoms with Gasteiger partial charge >= 0.3 is 6.03 Å². The van der Waals surface area contributed by atoms with Crippen molar-refractivity contribution in [3.8, 4) is 0 Å². The summed E-state index contributed by atoms with van der Waals surface area (Å²) in [6.45, 7) is 8.59. The number of ether oxygens (including phenoxy) is 1. The van der Waals surface area contributed by atoms with Crippen LogP contribution in [0.3, 0.4) is 0 Å². The number of urea groups is 1. The highest BCUT2D eigenvalue weighted by atomic mass is 16.5. The summed E-state index contributed by atoms with van der Waals surface area (Å²) in [6.07, 6.45) is 1.03. The molecule has 2 atom stereocenters. The van der Waals surface area contributed by atoms with Gasteiger partial charge in [-0.25, -0.2) is 4.79 Å². The third-order valence-electron chi connectivity index (χ3n) is 4.05. The Kier molecular flexibility index (Phi) is 5.62. The first kappa shape index (κ1) is 15.8. The molecule has 0 bridgehead atoms. The predicted octanol–water partition coefficient (Wildman–Crippen LogP) is 3.03. The van der Waals surface area contributed by atoms with Crippen molar-refractivity contribution < 1.29 is 9.53 Å². The number of aryl methyl sites for hydroxylation is 1. The van der Waals surface area contributed by atoms with Crippen LogP contribution in [0, 0.1) is 18.8 Å². The minimum Gasteiger partial charge on any atom is -0.381 e. The van der Waals surface area contributed by atoms with Crippen molar-refractivity contribution in [2.75, 3.05) is 19.8 Å². The normalized spacial score (nSPS) is 19.5. The first-order valence-electron chi connectivity index (χ1n) is 7.75. The molecule has 21 heavy (non-hydrogen) atoms. The lowest BCUT2D eigenvalue weighted by molar-refractivity contribution is 0.184. The summed E-state index contributed by atoms with van der Waals surface area (Å²) in [5.74, 6) is 0.790. The van der Waals surface area contributed by atoms with E-state index in [2.05, 4.69) is 43.5 Å². The summed E-state index contributed by atoms with van der Waals surface area (Å²) >= 11 is 0. The van der Waals surface area contributed by atoms with Gasteiger partial charge in [0.2, 0.25) is 0 Å². The second-order valence-electron chi connectivity index (χ2n) is 6.16. The van der Waals surface area contributed by atoms with Crippen molar-refractivity contribution in [2.45, 2.75) is 33.2 Å². The van der Waals surface area contributed by atoms with E-state index in [0.29, 0.717) is 18.4 Å². The average Bonchev–Trinajstić information content (AvgIpc) is 2.96. The third kappa shape index (κ3) is 4.46. The molecule has 0 aliphatic carbocycles. The molecule has 1 heterocycles. The number of hydrogen-bond donors (Lipinski definition) is 2. The van der Waals surface area contributed by atoms with E-state index >= 15 is 0 Å². The zero-order valence-corrected chi connectivity index (χ0v) is 13.2. The van der Waals surface area contributed by atoms with Gasteiger partial charge in [0.25, 0.3) is 0 Å². The lowest BCUT2D eigenvalue weighted by Gasteiger charge is -2.25. The van der Waals surface area contributed by atoms with E-state index in [1.54, 1.807) is 0 Å². The van der Waals surface area contributed by atoms with Crippen molar-refractivity contribution in [1.82, 2.24) is 10.6 Å². The van der Waals surface area contributed by atoms with Crippen molar-refractivity contribution in [2.24, 2.45) is 11.8 Å². The standard InChI is InChI=1S/C17H26N2O2/c1-12(2)16(15-7-5-4-6-13(15)3)19-17(20)18-10-14-8-9-21-11-14/h4-7,12,14,16H,8-11H2,1-3H3,(H2,18,19,20)/t14-,16-/m0/s1. The van der Waals surface area contributed by atoms with Crippen molar-refractivity contribution in [3.63, 3.8) is 0 Å². The van der Waals surface area contributed by atoms with E-state index in [4.69, 9.17) is 4.74 Å². The average molecular weight is 290 g/mol. The lowest BCUT2D eigenvalue weighted by atomic mass is 9.93. The van der Waals surface area contributed by atoms with E-state index in [9.17, 15) is 4.79 Å². The summed E-state index contributed by atoms with van der Waals surface area (Å²) < 4.78 is 5.32. The number of nitrogens with one attached hydrogen (secondary N) is 2. The molecule has 116 valence electrons. The van der Waals surface area contributed by atoms with Gasteiger partial charge in [0.15, 0.2) is 0 Å². The first-order valence-corrected chi connectivity index (χ1v) is 7.75. The summed E-state index contributed by atoms with van der Waals surface area (Å²) in [7, 11) is 0. The number of carbonyl (C=O) groups is 1. The van der Waals surface area contributed by atoms with Crippen LogP contribution < -0.4 is 10.6 Å². The minimum atomic E-state index is -0.0937. The number of benzene rings is 1. The molecule has 2 rings (SSSR count). The second-order valence-corrected chi connectivity index (χ2v) is 6.16. The Morgan fingerprint density at radius 1 is 1.38 bits per heavy atom. The van der Waals surface area contributed by atoms with E-state index in [-0.39, 0.29) is 12.1 Å². The van der Waals surface area contributed by atoms with Gasteiger partial charge in [0.05, 0.1) is 12.6 Å². The van der Waals surface area contributed by atoms with Gasteiger partial charge in [0.1, 0.15) is 0 Å². The van der Waals surface area contributed by atoms with Crippen LogP contribution in [0.1, 0.15) is 37.4 Å². The number of amides is 2. The summed E-state index contributed by atoms with van der Waals surface area (Å²) in [5.41, 5.74) is 2.40. The van der Waals surface area contributed by atoms with Crippen molar-refractivity contribution in [3.05, 3.63) is 35.4 Å². The molecule has 1 fully saturated rings. The minimum absolute atomic E-state index is 0.0334. The molecule has 0 aromatic heterocycles. The van der Waals surface area contributed by atoms with Crippen LogP contribution in [0.25, 0.3) is 0 Å². The topological polar surface area (TPSA) is 50.4 Å². The smallest absolute Gasteiger partial charge is 0.315 e. The van der Waals surface area contributed by atoms with Crippen LogP contribution in [0.4, 0.5) is 4.79 Å². The van der Waals surface area contributed by atoms with Gasteiger partial charge in [0, 0.05) is 19.1 Å². The van der Waals surface area contributed by atoms with Crippen LogP contribution >= 0.6 is 0 Å². The summed E-state index contributed by atoms with van der Waals surface area (Å²) in [4.78, 5) is 12.1. The summed E-state index contributed by atoms with van der Waals surface area (Å²) in [5, 5.41) is 6.08. The SMILES string of the molecule is Cc1ccccc1[C@@H](NC(=O)NC[C@@H]1CCOC1)C(C)C. The van der Waals surface area contributed by atoms with Crippen LogP contribution in [0.15, 0.2) is 24.3 Å². The van der Waals surface area contributed by atoms with E-state index in [1.807, 2.05) is 12.1 Å². The molecule has 2 N–H and O–H groups in total. The molecule has 1 aliphatic heterocycles. The predicted molar refractivity (Wildman–Crippen MR) is 84.2 cm³/mol. The van der Waals surface area contributed by atoms with Gasteiger partial charge in [-0.15, -0.1) is 0 Å². The molecule has 2 amide bonds. The Labute approximate surface area is 127 Å². The molecule has 0 saturated carbocycles. The molecule has 4 nitrogen and oxygen atoms in total. The van der Waals surface area contributed by atoms with Crippen LogP contribution in [-0.2, 0) is 4.74 Å². The molecule has 1 aromatic carbocycles. The van der Waals surface area contributed by atoms with Gasteiger partial charge in [-0.2, -0.15) is 0 Å². The number of carbonyl (C=O) groups excluding carboxylic acids is 1. The maximum atomic E-state index is 12.1. The first-order chi connectivity index (χ1) is 10.1. The largest absolute Gasteiger partial charge is 0.381 e. The van der Waals surface area contributed by atoms with Crippen LogP contribution in [-0.4, -0.2) is 25.8 Å². The highest BCUT2D eigenvalue weighted by Gasteiger charge is 2.21. The molecule has 1 aliphatic rings. The highest BCUT2D eigenvalue weighted by Crippen LogP contribution is 2.24. The fraction of sp³-hybridized carbons (Fsp3) is 0.588. The Balaban J connectivity index is 1.93. The molecule has 1 aromatic rings. The van der Waals surface area contributed by atoms with Gasteiger partial charge in [-0.3, -0.25) is 0 Å². The van der Waals surface area contributed by atoms with Crippen molar-refractivity contribution >= 4 is 6.03 Å². The molecule has 4 heteroatoms. The highest BCUT2D eigenvalue weighted by molar-refractivity contribution is 5.74. The van der Waals surface area contributed by atoms with E-state index in [0.717, 1.165) is 19.6 Å². The molecule has 1 saturated heterocycles. The molecular weight excluding hydrogens is 264 g/mol. The number of hydrogen-bond acceptors (Lipinski definition) is 2. The zero-order chi connectivity index (χ0) is 15.2. The molecular formula is C17H26N2O2. The second kappa shape index (κ2) is 7.46. The number of rotatable bonds is 5. The third-order valence-corrected chi connectivity index (χ3v) is 4.05. The summed E-state index contributed by atoms with van der Waals surface area (Å²) in [6, 6.07) is 8.16. The van der Waals surface area contributed by atoms with Gasteiger partial charge in [-0.1, -0.05) is 38.1 Å². The fourth-order valence-corrected chi connectivity index (χ4v) is 2.71. The Morgan fingerprint density at radius 2 is 2.14 bits per heavy atom. The Morgan fingerprint density at radius 3 is 2.76 bits per heavy atom. The van der Waals surface area contributed by atoms with Gasteiger partial charge < -0.3 is 15.4 Å². The van der Waals surface area contributed by atoms with Gasteiger partial charge in [-0.05, 0) is 30.4 Å². The monoisotopic (exact) mass is 290 g/mol. The molecule has 0 unspecified atom stereocenters. The zero-order valence-electron chi connectivity index (χ0n) is 13.2. The lowest BCUT2D eigenvalue weighted by Crippen LogP contribution is -2.41. The maximum absolute atomic E-state index is 12.1. The molecule has 0 spiro atoms. The Hall–Kier alpha value is -1.55. The van der Waals surface area contributed by atoms with Crippen LogP contribution in [0.2, 0.25) is 0 Å². The Bertz CT molecular complexity index is 468. The van der Waals surface area contributed by atoms with E-state index < -0.39 is 0 Å². The molecule has 0 radical (unpaired) electrons.